The number of aromatic nitrogens is 2. The molecule has 2 fully saturated rings. The van der Waals surface area contributed by atoms with Crippen LogP contribution in [0, 0.1) is 5.41 Å². The number of carboxylic acids is 1. The zero-order valence-corrected chi connectivity index (χ0v) is 24.4. The zero-order chi connectivity index (χ0) is 31.6. The summed E-state index contributed by atoms with van der Waals surface area (Å²) in [5.74, 6) is -1.26. The minimum atomic E-state index is -4.75. The molecule has 2 aliphatic rings. The third-order valence-corrected chi connectivity index (χ3v) is 8.71. The van der Waals surface area contributed by atoms with E-state index in [1.807, 2.05) is 11.8 Å². The Morgan fingerprint density at radius 3 is 2.27 bits per heavy atom. The number of nitrogens with one attached hydrogen (secondary N) is 2. The van der Waals surface area contributed by atoms with E-state index in [-0.39, 0.29) is 34.8 Å². The summed E-state index contributed by atoms with van der Waals surface area (Å²) in [5, 5.41) is 15.3. The smallest absolute Gasteiger partial charge is 0.429 e. The molecule has 5 N–H and O–H groups in total. The van der Waals surface area contributed by atoms with Crippen LogP contribution in [0.3, 0.4) is 0 Å². The molecule has 0 saturated carbocycles. The number of hydrogen-bond donors (Lipinski definition) is 4. The Bertz CT molecular complexity index is 1490. The van der Waals surface area contributed by atoms with Crippen molar-refractivity contribution in [3.8, 4) is 17.0 Å². The molecule has 1 aromatic heterocycles. The molecular formula is C31H35F3N6O4. The van der Waals surface area contributed by atoms with Crippen molar-refractivity contribution < 1.29 is 32.6 Å². The molecule has 0 aliphatic carbocycles. The first-order valence-corrected chi connectivity index (χ1v) is 14.5. The van der Waals surface area contributed by atoms with Gasteiger partial charge in [-0.15, -0.1) is 0 Å². The number of hydrogen-bond acceptors (Lipinski definition) is 8. The fraction of sp³-hybridized carbons (Fsp3) is 0.419. The van der Waals surface area contributed by atoms with Crippen molar-refractivity contribution in [2.75, 3.05) is 30.8 Å². The van der Waals surface area contributed by atoms with Crippen LogP contribution in [0.2, 0.25) is 0 Å². The molecule has 2 aromatic carbocycles. The van der Waals surface area contributed by atoms with Gasteiger partial charge in [0.2, 0.25) is 17.9 Å². The van der Waals surface area contributed by atoms with E-state index in [1.165, 1.54) is 25.2 Å². The summed E-state index contributed by atoms with van der Waals surface area (Å²) in [5.41, 5.74) is 7.50. The molecule has 234 valence electrons. The van der Waals surface area contributed by atoms with E-state index in [1.54, 1.807) is 36.4 Å². The van der Waals surface area contributed by atoms with Gasteiger partial charge in [0.1, 0.15) is 11.9 Å². The van der Waals surface area contributed by atoms with Gasteiger partial charge in [0.05, 0.1) is 0 Å². The SMILES string of the molecule is CCC1NC(C(=O)O)CC12CCN(c1cc(O[C@H](c3ccc(-c4ccc(C(=O)NC)cc4)cc3)C(F)(F)F)nc(N)n1)CC2. The van der Waals surface area contributed by atoms with Crippen molar-refractivity contribution in [1.29, 1.82) is 0 Å². The number of nitrogens with zero attached hydrogens (tertiary/aromatic N) is 3. The molecule has 3 aromatic rings. The lowest BCUT2D eigenvalue weighted by atomic mass is 9.71. The van der Waals surface area contributed by atoms with E-state index in [9.17, 15) is 27.9 Å². The maximum Gasteiger partial charge on any atom is 0.429 e. The first kappa shape index (κ1) is 31.0. The quantitative estimate of drug-likeness (QED) is 0.288. The number of rotatable bonds is 8. The van der Waals surface area contributed by atoms with Crippen LogP contribution in [0.1, 0.15) is 54.6 Å². The van der Waals surface area contributed by atoms with Gasteiger partial charge in [-0.3, -0.25) is 9.59 Å². The Balaban J connectivity index is 1.32. The van der Waals surface area contributed by atoms with Gasteiger partial charge in [-0.05, 0) is 54.4 Å². The van der Waals surface area contributed by atoms with Crippen molar-refractivity contribution in [3.63, 3.8) is 0 Å². The maximum atomic E-state index is 14.3. The third-order valence-electron chi connectivity index (χ3n) is 8.71. The third kappa shape index (κ3) is 6.42. The van der Waals surface area contributed by atoms with Crippen LogP contribution >= 0.6 is 0 Å². The number of alkyl halides is 3. The monoisotopic (exact) mass is 612 g/mol. The van der Waals surface area contributed by atoms with Crippen LogP contribution in [-0.2, 0) is 4.79 Å². The van der Waals surface area contributed by atoms with Crippen LogP contribution in [-0.4, -0.2) is 65.3 Å². The summed E-state index contributed by atoms with van der Waals surface area (Å²) in [6.45, 7) is 3.10. The van der Waals surface area contributed by atoms with E-state index in [4.69, 9.17) is 10.5 Å². The predicted octanol–water partition coefficient (Wildman–Crippen LogP) is 4.58. The van der Waals surface area contributed by atoms with Gasteiger partial charge in [-0.25, -0.2) is 0 Å². The average molecular weight is 613 g/mol. The fourth-order valence-electron chi connectivity index (χ4n) is 6.38. The van der Waals surface area contributed by atoms with E-state index in [0.717, 1.165) is 12.0 Å². The molecule has 0 radical (unpaired) electrons. The molecular weight excluding hydrogens is 577 g/mol. The number of halogens is 3. The molecule has 1 amide bonds. The lowest BCUT2D eigenvalue weighted by Crippen LogP contribution is -2.46. The molecule has 44 heavy (non-hydrogen) atoms. The first-order chi connectivity index (χ1) is 20.9. The number of ether oxygens (including phenoxy) is 1. The van der Waals surface area contributed by atoms with E-state index < -0.39 is 24.3 Å². The van der Waals surface area contributed by atoms with Crippen LogP contribution in [0.5, 0.6) is 5.88 Å². The largest absolute Gasteiger partial charge is 0.480 e. The van der Waals surface area contributed by atoms with Crippen molar-refractivity contribution in [1.82, 2.24) is 20.6 Å². The maximum absolute atomic E-state index is 14.3. The highest BCUT2D eigenvalue weighted by atomic mass is 19.4. The van der Waals surface area contributed by atoms with Gasteiger partial charge >= 0.3 is 12.1 Å². The number of carbonyl (C=O) groups excluding carboxylic acids is 1. The van der Waals surface area contributed by atoms with Crippen molar-refractivity contribution in [3.05, 3.63) is 65.7 Å². The minimum Gasteiger partial charge on any atom is -0.480 e. The minimum absolute atomic E-state index is 0.0703. The number of nitrogen functional groups attached to an aromatic ring is 1. The number of nitrogens with two attached hydrogens (primary N) is 1. The number of carboxylic acid groups (broad SMARTS) is 1. The summed E-state index contributed by atoms with van der Waals surface area (Å²) < 4.78 is 48.2. The van der Waals surface area contributed by atoms with Gasteiger partial charge in [0.25, 0.3) is 5.91 Å². The number of piperidine rings is 1. The highest BCUT2D eigenvalue weighted by Crippen LogP contribution is 2.46. The molecule has 2 aliphatic heterocycles. The predicted molar refractivity (Wildman–Crippen MR) is 158 cm³/mol. The molecule has 3 heterocycles. The van der Waals surface area contributed by atoms with Crippen molar-refractivity contribution in [2.24, 2.45) is 5.41 Å². The summed E-state index contributed by atoms with van der Waals surface area (Å²) >= 11 is 0. The average Bonchev–Trinajstić information content (AvgIpc) is 3.37. The molecule has 13 heteroatoms. The van der Waals surface area contributed by atoms with Crippen LogP contribution in [0.4, 0.5) is 24.9 Å². The standard InChI is InChI=1S/C31H35F3N6O4/c1-3-23-30(17-22(37-23)28(42)43)12-14-40(15-13-30)24-16-25(39-29(35)38-24)44-26(31(32,33)34)20-8-4-18(5-9-20)19-6-10-21(11-7-19)27(41)36-2/h4-11,16,22-23,26,37H,3,12-15,17H2,1-2H3,(H,36,41)(H,42,43)(H2,35,38,39)/t22?,23?,26-/m1/s1. The molecule has 2 unspecified atom stereocenters. The number of carbonyl (C=O) groups is 2. The Morgan fingerprint density at radius 2 is 1.73 bits per heavy atom. The van der Waals surface area contributed by atoms with Crippen LogP contribution < -0.4 is 26.0 Å². The molecule has 2 saturated heterocycles. The van der Waals surface area contributed by atoms with E-state index >= 15 is 0 Å². The zero-order valence-electron chi connectivity index (χ0n) is 24.4. The number of benzene rings is 2. The lowest BCUT2D eigenvalue weighted by molar-refractivity contribution is -0.198. The second kappa shape index (κ2) is 12.3. The van der Waals surface area contributed by atoms with Gasteiger partial charge in [-0.2, -0.15) is 23.1 Å². The molecule has 10 nitrogen and oxygen atoms in total. The van der Waals surface area contributed by atoms with E-state index in [0.29, 0.717) is 49.3 Å². The highest BCUT2D eigenvalue weighted by molar-refractivity contribution is 5.94. The van der Waals surface area contributed by atoms with Gasteiger partial charge < -0.3 is 31.1 Å². The Morgan fingerprint density at radius 1 is 1.11 bits per heavy atom. The van der Waals surface area contributed by atoms with Gasteiger partial charge in [-0.1, -0.05) is 43.3 Å². The normalized spacial score (nSPS) is 20.3. The summed E-state index contributed by atoms with van der Waals surface area (Å²) in [6.07, 6.45) is -4.32. The Labute approximate surface area is 252 Å². The van der Waals surface area contributed by atoms with Gasteiger partial charge in [0.15, 0.2) is 0 Å². The fourth-order valence-corrected chi connectivity index (χ4v) is 6.38. The topological polar surface area (TPSA) is 143 Å². The molecule has 0 bridgehead atoms. The summed E-state index contributed by atoms with van der Waals surface area (Å²) in [6, 6.07) is 13.4. The second-order valence-electron chi connectivity index (χ2n) is 11.3. The number of anilines is 2. The van der Waals surface area contributed by atoms with Crippen LogP contribution in [0.25, 0.3) is 11.1 Å². The summed E-state index contributed by atoms with van der Waals surface area (Å²) in [7, 11) is 1.53. The molecule has 5 rings (SSSR count). The van der Waals surface area contributed by atoms with Crippen molar-refractivity contribution in [2.45, 2.75) is 57.0 Å². The van der Waals surface area contributed by atoms with Gasteiger partial charge in [0, 0.05) is 43.4 Å². The molecule has 1 spiro atoms. The number of amides is 1. The Hall–Kier alpha value is -4.39. The van der Waals surface area contributed by atoms with Crippen molar-refractivity contribution >= 4 is 23.6 Å². The highest BCUT2D eigenvalue weighted by Gasteiger charge is 2.50. The van der Waals surface area contributed by atoms with E-state index in [2.05, 4.69) is 20.6 Å². The second-order valence-corrected chi connectivity index (χ2v) is 11.3. The first-order valence-electron chi connectivity index (χ1n) is 14.5. The number of aliphatic carboxylic acids is 1. The molecule has 3 atom stereocenters. The summed E-state index contributed by atoms with van der Waals surface area (Å²) in [4.78, 5) is 33.5. The lowest BCUT2D eigenvalue weighted by Gasteiger charge is -2.43. The Kier molecular flexibility index (Phi) is 8.69. The van der Waals surface area contributed by atoms with Crippen LogP contribution in [0.15, 0.2) is 54.6 Å².